The monoisotopic (exact) mass is 379 g/mol. The van der Waals surface area contributed by atoms with Crippen LogP contribution in [-0.2, 0) is 6.18 Å². The molecule has 1 atom stereocenters. The highest BCUT2D eigenvalue weighted by atomic mass is 32.1. The average molecular weight is 379 g/mol. The van der Waals surface area contributed by atoms with E-state index in [9.17, 15) is 18.0 Å². The van der Waals surface area contributed by atoms with Crippen molar-refractivity contribution in [2.45, 2.75) is 32.4 Å². The van der Waals surface area contributed by atoms with E-state index in [4.69, 9.17) is 5.26 Å². The first kappa shape index (κ1) is 18.3. The summed E-state index contributed by atoms with van der Waals surface area (Å²) in [6.07, 6.45) is -0.386. The number of alkyl halides is 3. The van der Waals surface area contributed by atoms with Crippen LogP contribution in [0.25, 0.3) is 10.6 Å². The zero-order valence-corrected chi connectivity index (χ0v) is 14.7. The van der Waals surface area contributed by atoms with Gasteiger partial charge in [-0.15, -0.1) is 11.3 Å². The number of nitrogens with one attached hydrogen (secondary N) is 1. The number of thiophene rings is 1. The molecule has 0 saturated heterocycles. The molecule has 1 aliphatic carbocycles. The van der Waals surface area contributed by atoms with E-state index in [0.29, 0.717) is 17.2 Å². The first-order valence-electron chi connectivity index (χ1n) is 8.08. The number of halogens is 3. The van der Waals surface area contributed by atoms with Crippen LogP contribution in [0.3, 0.4) is 0 Å². The van der Waals surface area contributed by atoms with Crippen LogP contribution in [0.1, 0.15) is 37.3 Å². The Morgan fingerprint density at radius 1 is 1.42 bits per heavy atom. The van der Waals surface area contributed by atoms with Gasteiger partial charge in [-0.05, 0) is 42.7 Å². The third-order valence-electron chi connectivity index (χ3n) is 4.33. The minimum atomic E-state index is -4.78. The van der Waals surface area contributed by atoms with E-state index in [0.717, 1.165) is 29.3 Å². The SMILES string of the molecule is CC1CC=C(Nn2c(-c3cccs3)cc(C(F)(F)F)c(C#N)c2=O)CC1. The highest BCUT2D eigenvalue weighted by Crippen LogP contribution is 2.34. The van der Waals surface area contributed by atoms with E-state index in [-0.39, 0.29) is 5.69 Å². The quantitative estimate of drug-likeness (QED) is 0.840. The molecule has 8 heteroatoms. The van der Waals surface area contributed by atoms with Crippen LogP contribution in [0.4, 0.5) is 13.2 Å². The number of hydrogen-bond donors (Lipinski definition) is 1. The molecule has 1 unspecified atom stereocenters. The van der Waals surface area contributed by atoms with Crippen LogP contribution in [0, 0.1) is 17.2 Å². The van der Waals surface area contributed by atoms with E-state index in [1.54, 1.807) is 17.5 Å². The van der Waals surface area contributed by atoms with Crippen LogP contribution in [0.2, 0.25) is 0 Å². The van der Waals surface area contributed by atoms with Gasteiger partial charge in [0.1, 0.15) is 11.6 Å². The summed E-state index contributed by atoms with van der Waals surface area (Å²) < 4.78 is 41.1. The number of hydrogen-bond acceptors (Lipinski definition) is 4. The molecule has 26 heavy (non-hydrogen) atoms. The summed E-state index contributed by atoms with van der Waals surface area (Å²) in [7, 11) is 0. The Morgan fingerprint density at radius 2 is 2.19 bits per heavy atom. The van der Waals surface area contributed by atoms with E-state index >= 15 is 0 Å². The first-order valence-corrected chi connectivity index (χ1v) is 8.96. The predicted octanol–water partition coefficient (Wildman–Crippen LogP) is 4.71. The molecule has 0 fully saturated rings. The van der Waals surface area contributed by atoms with Crippen molar-refractivity contribution in [3.63, 3.8) is 0 Å². The fraction of sp³-hybridized carbons (Fsp3) is 0.333. The molecule has 1 N–H and O–H groups in total. The molecule has 0 aliphatic heterocycles. The highest BCUT2D eigenvalue weighted by Gasteiger charge is 2.36. The lowest BCUT2D eigenvalue weighted by Gasteiger charge is -2.23. The number of nitriles is 1. The summed E-state index contributed by atoms with van der Waals surface area (Å²) in [4.78, 5) is 13.2. The molecule has 3 rings (SSSR count). The number of nitrogens with zero attached hydrogens (tertiary/aromatic N) is 2. The van der Waals surface area contributed by atoms with Crippen molar-refractivity contribution in [1.82, 2.24) is 4.68 Å². The van der Waals surface area contributed by atoms with Crippen molar-refractivity contribution in [2.24, 2.45) is 5.92 Å². The zero-order valence-electron chi connectivity index (χ0n) is 13.9. The predicted molar refractivity (Wildman–Crippen MR) is 94.2 cm³/mol. The van der Waals surface area contributed by atoms with Gasteiger partial charge in [0.15, 0.2) is 0 Å². The second kappa shape index (κ2) is 7.00. The summed E-state index contributed by atoms with van der Waals surface area (Å²) in [6, 6.07) is 5.62. The lowest BCUT2D eigenvalue weighted by molar-refractivity contribution is -0.137. The summed E-state index contributed by atoms with van der Waals surface area (Å²) in [5.74, 6) is 0.524. The molecule has 4 nitrogen and oxygen atoms in total. The van der Waals surface area contributed by atoms with Crippen molar-refractivity contribution in [3.05, 3.63) is 56.8 Å². The molecule has 136 valence electrons. The first-order chi connectivity index (χ1) is 12.3. The second-order valence-electron chi connectivity index (χ2n) is 6.27. The van der Waals surface area contributed by atoms with Crippen molar-refractivity contribution in [3.8, 4) is 16.6 Å². The molecule has 0 spiro atoms. The second-order valence-corrected chi connectivity index (χ2v) is 7.21. The molecule has 2 aromatic rings. The fourth-order valence-corrected chi connectivity index (χ4v) is 3.60. The largest absolute Gasteiger partial charge is 0.417 e. The molecule has 2 aromatic heterocycles. The maximum atomic E-state index is 13.3. The van der Waals surface area contributed by atoms with Crippen molar-refractivity contribution < 1.29 is 13.2 Å². The average Bonchev–Trinajstić information content (AvgIpc) is 3.11. The normalized spacial score (nSPS) is 17.5. The smallest absolute Gasteiger partial charge is 0.295 e. The molecule has 0 radical (unpaired) electrons. The molecular weight excluding hydrogens is 363 g/mol. The van der Waals surface area contributed by atoms with E-state index in [2.05, 4.69) is 12.3 Å². The Kier molecular flexibility index (Phi) is 4.92. The van der Waals surface area contributed by atoms with Crippen molar-refractivity contribution in [1.29, 1.82) is 5.26 Å². The van der Waals surface area contributed by atoms with Crippen LogP contribution < -0.4 is 11.0 Å². The summed E-state index contributed by atoms with van der Waals surface area (Å²) in [5.41, 5.74) is 0.684. The number of rotatable bonds is 3. The molecule has 0 amide bonds. The Balaban J connectivity index is 2.19. The minimum Gasteiger partial charge on any atom is -0.295 e. The lowest BCUT2D eigenvalue weighted by Crippen LogP contribution is -2.34. The van der Waals surface area contributed by atoms with Gasteiger partial charge < -0.3 is 0 Å². The molecular formula is C18H16F3N3OS. The maximum Gasteiger partial charge on any atom is 0.417 e. The third kappa shape index (κ3) is 3.53. The number of allylic oxidation sites excluding steroid dienone is 2. The van der Waals surface area contributed by atoms with Crippen molar-refractivity contribution in [2.75, 3.05) is 5.43 Å². The van der Waals surface area contributed by atoms with Gasteiger partial charge in [0.2, 0.25) is 0 Å². The Labute approximate surface area is 152 Å². The van der Waals surface area contributed by atoms with Crippen LogP contribution >= 0.6 is 11.3 Å². The van der Waals surface area contributed by atoms with Gasteiger partial charge >= 0.3 is 6.18 Å². The van der Waals surface area contributed by atoms with Gasteiger partial charge in [-0.2, -0.15) is 18.4 Å². The van der Waals surface area contributed by atoms with Crippen LogP contribution in [0.5, 0.6) is 0 Å². The van der Waals surface area contributed by atoms with Gasteiger partial charge in [-0.25, -0.2) is 4.68 Å². The standard InChI is InChI=1S/C18H16F3N3OS/c1-11-4-6-12(7-5-11)23-24-15(16-3-2-8-26-16)9-14(18(19,20)21)13(10-22)17(24)25/h2-3,6,8-9,11,23H,4-5,7H2,1H3. The van der Waals surface area contributed by atoms with Gasteiger partial charge in [0.25, 0.3) is 5.56 Å². The highest BCUT2D eigenvalue weighted by molar-refractivity contribution is 7.13. The Bertz CT molecular complexity index is 936. The number of pyridine rings is 1. The topological polar surface area (TPSA) is 57.8 Å². The Morgan fingerprint density at radius 3 is 2.73 bits per heavy atom. The molecule has 0 aromatic carbocycles. The number of aromatic nitrogens is 1. The van der Waals surface area contributed by atoms with E-state index < -0.39 is 22.9 Å². The molecule has 0 saturated carbocycles. The van der Waals surface area contributed by atoms with Gasteiger partial charge in [-0.1, -0.05) is 19.1 Å². The van der Waals surface area contributed by atoms with Gasteiger partial charge in [0, 0.05) is 5.70 Å². The van der Waals surface area contributed by atoms with Crippen molar-refractivity contribution >= 4 is 11.3 Å². The maximum absolute atomic E-state index is 13.3. The van der Waals surface area contributed by atoms with E-state index in [1.165, 1.54) is 17.4 Å². The summed E-state index contributed by atoms with van der Waals surface area (Å²) in [6.45, 7) is 2.11. The van der Waals surface area contributed by atoms with E-state index in [1.807, 2.05) is 6.08 Å². The van der Waals surface area contributed by atoms with Crippen LogP contribution in [-0.4, -0.2) is 4.68 Å². The zero-order chi connectivity index (χ0) is 18.9. The summed E-state index contributed by atoms with van der Waals surface area (Å²) >= 11 is 1.22. The molecule has 1 aliphatic rings. The van der Waals surface area contributed by atoms with Gasteiger partial charge in [0.05, 0.1) is 16.1 Å². The molecule has 0 bridgehead atoms. The minimum absolute atomic E-state index is 0.0934. The summed E-state index contributed by atoms with van der Waals surface area (Å²) in [5, 5.41) is 10.9. The third-order valence-corrected chi connectivity index (χ3v) is 5.22. The fourth-order valence-electron chi connectivity index (χ4n) is 2.87. The van der Waals surface area contributed by atoms with Crippen LogP contribution in [0.15, 0.2) is 40.1 Å². The molecule has 2 heterocycles. The Hall–Kier alpha value is -2.53. The van der Waals surface area contributed by atoms with Gasteiger partial charge in [-0.3, -0.25) is 10.2 Å². The lowest BCUT2D eigenvalue weighted by atomic mass is 9.94.